The van der Waals surface area contributed by atoms with E-state index in [1.165, 1.54) is 18.3 Å². The number of nitrogens with zero attached hydrogens (tertiary/aromatic N) is 1. The minimum Gasteiger partial charge on any atom is -0.438 e. The van der Waals surface area contributed by atoms with Crippen LogP contribution in [0.3, 0.4) is 0 Å². The van der Waals surface area contributed by atoms with Crippen LogP contribution in [0, 0.1) is 6.92 Å². The number of carbonyl (C=O) groups is 1. The smallest absolute Gasteiger partial charge is 0.311 e. The van der Waals surface area contributed by atoms with Gasteiger partial charge in [-0.3, -0.25) is 4.79 Å². The number of amides is 1. The van der Waals surface area contributed by atoms with Crippen LogP contribution < -0.4 is 5.32 Å². The number of rotatable bonds is 2. The number of hydrogen-bond acceptors (Lipinski definition) is 3. The standard InChI is InChI=1S/C11H7Cl3N2O2/c1-5-4-15-11(18-5)10(17)16-9-7(13)2-6(12)3-8(9)14/h2-4H,1H3,(H,16,17). The Labute approximate surface area is 118 Å². The number of benzene rings is 1. The zero-order valence-electron chi connectivity index (χ0n) is 9.13. The lowest BCUT2D eigenvalue weighted by Crippen LogP contribution is -2.12. The normalized spacial score (nSPS) is 10.4. The van der Waals surface area contributed by atoms with Gasteiger partial charge < -0.3 is 9.73 Å². The molecule has 94 valence electrons. The Morgan fingerprint density at radius 1 is 1.28 bits per heavy atom. The molecule has 7 heteroatoms. The van der Waals surface area contributed by atoms with Crippen molar-refractivity contribution in [2.75, 3.05) is 5.32 Å². The Bertz CT molecular complexity index is 587. The Balaban J connectivity index is 2.27. The number of anilines is 1. The van der Waals surface area contributed by atoms with Crippen molar-refractivity contribution in [2.24, 2.45) is 0 Å². The van der Waals surface area contributed by atoms with E-state index in [4.69, 9.17) is 39.2 Å². The van der Waals surface area contributed by atoms with Crippen molar-refractivity contribution in [2.45, 2.75) is 6.92 Å². The Morgan fingerprint density at radius 3 is 2.39 bits per heavy atom. The van der Waals surface area contributed by atoms with Crippen LogP contribution in [0.1, 0.15) is 16.4 Å². The first-order chi connectivity index (χ1) is 8.47. The second kappa shape index (κ2) is 5.18. The van der Waals surface area contributed by atoms with Crippen molar-refractivity contribution in [1.29, 1.82) is 0 Å². The molecule has 0 bridgehead atoms. The molecule has 0 aliphatic rings. The monoisotopic (exact) mass is 304 g/mol. The highest BCUT2D eigenvalue weighted by atomic mass is 35.5. The molecule has 0 atom stereocenters. The van der Waals surface area contributed by atoms with Crippen LogP contribution in [0.2, 0.25) is 15.1 Å². The van der Waals surface area contributed by atoms with Gasteiger partial charge in [0.2, 0.25) is 0 Å². The molecule has 18 heavy (non-hydrogen) atoms. The number of hydrogen-bond donors (Lipinski definition) is 1. The van der Waals surface area contributed by atoms with Gasteiger partial charge in [-0.05, 0) is 19.1 Å². The van der Waals surface area contributed by atoms with E-state index in [0.717, 1.165) is 0 Å². The molecule has 0 saturated carbocycles. The number of oxazole rings is 1. The summed E-state index contributed by atoms with van der Waals surface area (Å²) in [5.41, 5.74) is 0.267. The van der Waals surface area contributed by atoms with E-state index >= 15 is 0 Å². The molecule has 1 heterocycles. The zero-order valence-corrected chi connectivity index (χ0v) is 11.4. The molecule has 0 spiro atoms. The van der Waals surface area contributed by atoms with E-state index in [1.807, 2.05) is 0 Å². The summed E-state index contributed by atoms with van der Waals surface area (Å²) in [6, 6.07) is 2.96. The number of carbonyl (C=O) groups excluding carboxylic acids is 1. The fraction of sp³-hybridized carbons (Fsp3) is 0.0909. The van der Waals surface area contributed by atoms with Crippen LogP contribution in [0.15, 0.2) is 22.7 Å². The molecule has 0 aliphatic carbocycles. The van der Waals surface area contributed by atoms with Gasteiger partial charge in [-0.25, -0.2) is 4.98 Å². The number of aryl methyl sites for hydroxylation is 1. The van der Waals surface area contributed by atoms with Crippen molar-refractivity contribution in [3.8, 4) is 0 Å². The molecule has 1 amide bonds. The third-order valence-corrected chi connectivity index (χ3v) is 2.88. The molecule has 1 aromatic carbocycles. The maximum atomic E-state index is 11.8. The van der Waals surface area contributed by atoms with Crippen molar-refractivity contribution in [1.82, 2.24) is 4.98 Å². The van der Waals surface area contributed by atoms with Gasteiger partial charge in [-0.1, -0.05) is 34.8 Å². The average Bonchev–Trinajstić information content (AvgIpc) is 2.70. The van der Waals surface area contributed by atoms with E-state index in [0.29, 0.717) is 10.8 Å². The summed E-state index contributed by atoms with van der Waals surface area (Å²) in [7, 11) is 0. The van der Waals surface area contributed by atoms with E-state index in [-0.39, 0.29) is 21.6 Å². The molecule has 2 aromatic rings. The lowest BCUT2D eigenvalue weighted by atomic mass is 10.3. The quantitative estimate of drug-likeness (QED) is 0.905. The van der Waals surface area contributed by atoms with E-state index in [2.05, 4.69) is 10.3 Å². The molecule has 4 nitrogen and oxygen atoms in total. The van der Waals surface area contributed by atoms with Crippen LogP contribution in [0.4, 0.5) is 5.69 Å². The van der Waals surface area contributed by atoms with Gasteiger partial charge in [0.05, 0.1) is 21.9 Å². The summed E-state index contributed by atoms with van der Waals surface area (Å²) in [5, 5.41) is 3.38. The van der Waals surface area contributed by atoms with Crippen molar-refractivity contribution >= 4 is 46.4 Å². The highest BCUT2D eigenvalue weighted by molar-refractivity contribution is 6.42. The summed E-state index contributed by atoms with van der Waals surface area (Å²) in [5.74, 6) is -0.0581. The van der Waals surface area contributed by atoms with Gasteiger partial charge in [-0.2, -0.15) is 0 Å². The van der Waals surface area contributed by atoms with Crippen molar-refractivity contribution in [3.05, 3.63) is 45.0 Å². The summed E-state index contributed by atoms with van der Waals surface area (Å²) in [6.45, 7) is 1.69. The predicted octanol–water partition coefficient (Wildman–Crippen LogP) is 4.20. The lowest BCUT2D eigenvalue weighted by Gasteiger charge is -2.07. The summed E-state index contributed by atoms with van der Waals surface area (Å²) < 4.78 is 5.09. The minimum atomic E-state index is -0.533. The first-order valence-corrected chi connectivity index (χ1v) is 5.99. The fourth-order valence-electron chi connectivity index (χ4n) is 1.29. The molecule has 2 rings (SSSR count). The largest absolute Gasteiger partial charge is 0.438 e. The molecule has 0 saturated heterocycles. The number of halogens is 3. The highest BCUT2D eigenvalue weighted by Crippen LogP contribution is 2.33. The van der Waals surface area contributed by atoms with Crippen LogP contribution >= 0.6 is 34.8 Å². The van der Waals surface area contributed by atoms with Gasteiger partial charge in [0.1, 0.15) is 5.76 Å². The Hall–Kier alpha value is -1.23. The topological polar surface area (TPSA) is 55.1 Å². The van der Waals surface area contributed by atoms with Crippen LogP contribution in [-0.4, -0.2) is 10.9 Å². The highest BCUT2D eigenvalue weighted by Gasteiger charge is 2.16. The van der Waals surface area contributed by atoms with E-state index < -0.39 is 5.91 Å². The lowest BCUT2D eigenvalue weighted by molar-refractivity contribution is 0.0989. The van der Waals surface area contributed by atoms with Gasteiger partial charge >= 0.3 is 5.91 Å². The zero-order chi connectivity index (χ0) is 13.3. The van der Waals surface area contributed by atoms with Gasteiger partial charge in [0, 0.05) is 5.02 Å². The predicted molar refractivity (Wildman–Crippen MR) is 70.7 cm³/mol. The molecule has 1 aromatic heterocycles. The number of aromatic nitrogens is 1. The fourth-order valence-corrected chi connectivity index (χ4v) is 2.20. The molecule has 0 radical (unpaired) electrons. The van der Waals surface area contributed by atoms with Gasteiger partial charge in [0.15, 0.2) is 0 Å². The number of nitrogens with one attached hydrogen (secondary N) is 1. The van der Waals surface area contributed by atoms with Gasteiger partial charge in [0.25, 0.3) is 5.89 Å². The van der Waals surface area contributed by atoms with Crippen LogP contribution in [-0.2, 0) is 0 Å². The first-order valence-electron chi connectivity index (χ1n) is 4.85. The summed E-state index contributed by atoms with van der Waals surface area (Å²) in [4.78, 5) is 15.6. The molecular formula is C11H7Cl3N2O2. The van der Waals surface area contributed by atoms with Crippen LogP contribution in [0.5, 0.6) is 0 Å². The Morgan fingerprint density at radius 2 is 1.89 bits per heavy atom. The van der Waals surface area contributed by atoms with E-state index in [1.54, 1.807) is 6.92 Å². The average molecular weight is 306 g/mol. The van der Waals surface area contributed by atoms with Gasteiger partial charge in [-0.15, -0.1) is 0 Å². The molecular weight excluding hydrogens is 298 g/mol. The van der Waals surface area contributed by atoms with Crippen molar-refractivity contribution < 1.29 is 9.21 Å². The Kier molecular flexibility index (Phi) is 3.80. The SMILES string of the molecule is Cc1cnc(C(=O)Nc2c(Cl)cc(Cl)cc2Cl)o1. The summed E-state index contributed by atoms with van der Waals surface area (Å²) in [6.07, 6.45) is 1.44. The summed E-state index contributed by atoms with van der Waals surface area (Å²) >= 11 is 17.6. The maximum Gasteiger partial charge on any atom is 0.311 e. The second-order valence-electron chi connectivity index (χ2n) is 3.47. The van der Waals surface area contributed by atoms with E-state index in [9.17, 15) is 4.79 Å². The molecule has 1 N–H and O–H groups in total. The van der Waals surface area contributed by atoms with Crippen molar-refractivity contribution in [3.63, 3.8) is 0 Å². The third kappa shape index (κ3) is 2.77. The maximum absolute atomic E-state index is 11.8. The first kappa shape index (κ1) is 13.2. The minimum absolute atomic E-state index is 0.0606. The van der Waals surface area contributed by atoms with Crippen LogP contribution in [0.25, 0.3) is 0 Å². The molecule has 0 fully saturated rings. The molecule has 0 aliphatic heterocycles. The second-order valence-corrected chi connectivity index (χ2v) is 4.73. The molecule has 0 unspecified atom stereocenters. The third-order valence-electron chi connectivity index (χ3n) is 2.06.